The van der Waals surface area contributed by atoms with Crippen molar-refractivity contribution in [2.75, 3.05) is 33.0 Å². The van der Waals surface area contributed by atoms with E-state index in [1.54, 1.807) is 7.11 Å². The average molecular weight is 273 g/mol. The number of halogens is 1. The number of hydrogen-bond donors (Lipinski definition) is 1. The molecule has 3 nitrogen and oxygen atoms in total. The van der Waals surface area contributed by atoms with Gasteiger partial charge in [-0.1, -0.05) is 22.0 Å². The zero-order valence-corrected chi connectivity index (χ0v) is 10.8. The molecule has 0 spiro atoms. The summed E-state index contributed by atoms with van der Waals surface area (Å²) in [6.45, 7) is 2.50. The largest absolute Gasteiger partial charge is 0.398 e. The molecule has 0 fully saturated rings. The number of anilines is 1. The number of hydrogen-bond acceptors (Lipinski definition) is 3. The highest BCUT2D eigenvalue weighted by Crippen LogP contribution is 2.19. The number of ether oxygens (including phenoxy) is 1. The van der Waals surface area contributed by atoms with E-state index in [2.05, 4.69) is 27.9 Å². The third kappa shape index (κ3) is 4.20. The van der Waals surface area contributed by atoms with Crippen molar-refractivity contribution in [3.63, 3.8) is 0 Å². The van der Waals surface area contributed by atoms with Gasteiger partial charge in [0, 0.05) is 30.4 Å². The monoisotopic (exact) mass is 272 g/mol. The maximum Gasteiger partial charge on any atom is 0.0589 e. The first-order valence-corrected chi connectivity index (χ1v) is 5.64. The molecule has 0 aliphatic heterocycles. The molecule has 0 heterocycles. The lowest BCUT2D eigenvalue weighted by Gasteiger charge is -2.17. The maximum atomic E-state index is 5.91. The number of methoxy groups -OCH3 is 1. The lowest BCUT2D eigenvalue weighted by Crippen LogP contribution is -2.22. The van der Waals surface area contributed by atoms with Gasteiger partial charge in [-0.25, -0.2) is 0 Å². The summed E-state index contributed by atoms with van der Waals surface area (Å²) >= 11 is 3.39. The Balaban J connectivity index is 2.56. The van der Waals surface area contributed by atoms with Crippen molar-refractivity contribution < 1.29 is 4.74 Å². The molecular formula is C11H17BrN2O. The number of likely N-dealkylation sites (N-methyl/N-ethyl adjacent to an activating group) is 1. The molecule has 0 aliphatic rings. The van der Waals surface area contributed by atoms with Crippen LogP contribution in [0.25, 0.3) is 0 Å². The normalized spacial score (nSPS) is 10.9. The molecular weight excluding hydrogens is 256 g/mol. The van der Waals surface area contributed by atoms with Gasteiger partial charge < -0.3 is 10.5 Å². The molecule has 0 atom stereocenters. The predicted octanol–water partition coefficient (Wildman–Crippen LogP) is 2.11. The van der Waals surface area contributed by atoms with Crippen LogP contribution in [-0.4, -0.2) is 32.2 Å². The van der Waals surface area contributed by atoms with Crippen molar-refractivity contribution in [3.05, 3.63) is 28.2 Å². The predicted molar refractivity (Wildman–Crippen MR) is 66.8 cm³/mol. The molecule has 0 radical (unpaired) electrons. The fourth-order valence-corrected chi connectivity index (χ4v) is 1.71. The van der Waals surface area contributed by atoms with Gasteiger partial charge >= 0.3 is 0 Å². The van der Waals surface area contributed by atoms with E-state index in [-0.39, 0.29) is 0 Å². The molecule has 4 heteroatoms. The summed E-state index contributed by atoms with van der Waals surface area (Å²) in [5.74, 6) is 0. The number of nitrogens with zero attached hydrogens (tertiary/aromatic N) is 1. The van der Waals surface area contributed by atoms with Crippen LogP contribution in [0.5, 0.6) is 0 Å². The molecule has 0 saturated carbocycles. The van der Waals surface area contributed by atoms with Crippen molar-refractivity contribution in [1.82, 2.24) is 4.90 Å². The van der Waals surface area contributed by atoms with Crippen LogP contribution in [0.4, 0.5) is 5.69 Å². The van der Waals surface area contributed by atoms with Gasteiger partial charge in [-0.15, -0.1) is 0 Å². The second kappa shape index (κ2) is 6.10. The molecule has 15 heavy (non-hydrogen) atoms. The molecule has 2 N–H and O–H groups in total. The minimum absolute atomic E-state index is 0.743. The Morgan fingerprint density at radius 2 is 2.20 bits per heavy atom. The van der Waals surface area contributed by atoms with Gasteiger partial charge in [-0.05, 0) is 24.7 Å². The van der Waals surface area contributed by atoms with Crippen molar-refractivity contribution in [2.24, 2.45) is 0 Å². The zero-order chi connectivity index (χ0) is 11.3. The summed E-state index contributed by atoms with van der Waals surface area (Å²) in [7, 11) is 3.77. The van der Waals surface area contributed by atoms with E-state index in [1.807, 2.05) is 18.2 Å². The minimum Gasteiger partial charge on any atom is -0.398 e. The minimum atomic E-state index is 0.743. The lowest BCUT2D eigenvalue weighted by molar-refractivity contribution is 0.159. The summed E-state index contributed by atoms with van der Waals surface area (Å²) in [6, 6.07) is 5.98. The summed E-state index contributed by atoms with van der Waals surface area (Å²) in [4.78, 5) is 2.18. The van der Waals surface area contributed by atoms with Gasteiger partial charge in [-0.2, -0.15) is 0 Å². The van der Waals surface area contributed by atoms with Gasteiger partial charge in [0.15, 0.2) is 0 Å². The first kappa shape index (κ1) is 12.5. The average Bonchev–Trinajstić information content (AvgIpc) is 2.19. The Hall–Kier alpha value is -0.580. The van der Waals surface area contributed by atoms with E-state index in [4.69, 9.17) is 10.5 Å². The van der Waals surface area contributed by atoms with E-state index < -0.39 is 0 Å². The van der Waals surface area contributed by atoms with E-state index in [9.17, 15) is 0 Å². The number of benzene rings is 1. The number of rotatable bonds is 5. The molecule has 1 aromatic rings. The van der Waals surface area contributed by atoms with Crippen LogP contribution in [0.1, 0.15) is 5.56 Å². The SMILES string of the molecule is COCCN(C)Cc1ccc(Br)cc1N. The summed E-state index contributed by atoms with van der Waals surface area (Å²) in [6.07, 6.45) is 0. The number of nitrogens with two attached hydrogens (primary N) is 1. The highest BCUT2D eigenvalue weighted by molar-refractivity contribution is 9.10. The molecule has 84 valence electrons. The topological polar surface area (TPSA) is 38.5 Å². The number of nitrogen functional groups attached to an aromatic ring is 1. The van der Waals surface area contributed by atoms with Crippen LogP contribution in [0.3, 0.4) is 0 Å². The molecule has 1 aromatic carbocycles. The lowest BCUT2D eigenvalue weighted by atomic mass is 10.2. The zero-order valence-electron chi connectivity index (χ0n) is 9.16. The summed E-state index contributed by atoms with van der Waals surface area (Å²) < 4.78 is 6.04. The third-order valence-electron chi connectivity index (χ3n) is 2.23. The van der Waals surface area contributed by atoms with Crippen molar-refractivity contribution in [3.8, 4) is 0 Å². The molecule has 0 amide bonds. The highest BCUT2D eigenvalue weighted by atomic mass is 79.9. The van der Waals surface area contributed by atoms with Gasteiger partial charge in [0.25, 0.3) is 0 Å². The van der Waals surface area contributed by atoms with Crippen LogP contribution < -0.4 is 5.73 Å². The molecule has 0 aromatic heterocycles. The van der Waals surface area contributed by atoms with Crippen LogP contribution in [0, 0.1) is 0 Å². The van der Waals surface area contributed by atoms with Gasteiger partial charge in [0.2, 0.25) is 0 Å². The smallest absolute Gasteiger partial charge is 0.0589 e. The standard InChI is InChI=1S/C11H17BrN2O/c1-14(5-6-15-2)8-9-3-4-10(12)7-11(9)13/h3-4,7H,5-6,8,13H2,1-2H3. The second-order valence-corrected chi connectivity index (χ2v) is 4.49. The van der Waals surface area contributed by atoms with Crippen molar-refractivity contribution in [2.45, 2.75) is 6.54 Å². The van der Waals surface area contributed by atoms with Crippen molar-refractivity contribution in [1.29, 1.82) is 0 Å². The van der Waals surface area contributed by atoms with Crippen LogP contribution in [0.2, 0.25) is 0 Å². The second-order valence-electron chi connectivity index (χ2n) is 3.57. The van der Waals surface area contributed by atoms with Crippen molar-refractivity contribution >= 4 is 21.6 Å². The van der Waals surface area contributed by atoms with E-state index in [0.717, 1.165) is 35.4 Å². The Morgan fingerprint density at radius 1 is 1.47 bits per heavy atom. The first-order valence-electron chi connectivity index (χ1n) is 4.85. The summed E-state index contributed by atoms with van der Waals surface area (Å²) in [5.41, 5.74) is 7.89. The Morgan fingerprint density at radius 3 is 2.80 bits per heavy atom. The first-order chi connectivity index (χ1) is 7.13. The summed E-state index contributed by atoms with van der Waals surface area (Å²) in [5, 5.41) is 0. The Kier molecular flexibility index (Phi) is 5.08. The van der Waals surface area contributed by atoms with Gasteiger partial charge in [-0.3, -0.25) is 4.90 Å². The van der Waals surface area contributed by atoms with Crippen LogP contribution in [-0.2, 0) is 11.3 Å². The third-order valence-corrected chi connectivity index (χ3v) is 2.72. The molecule has 1 rings (SSSR count). The van der Waals surface area contributed by atoms with E-state index in [0.29, 0.717) is 0 Å². The quantitative estimate of drug-likeness (QED) is 0.835. The Labute approximate surface area is 99.3 Å². The highest BCUT2D eigenvalue weighted by Gasteiger charge is 2.03. The Bertz CT molecular complexity index is 317. The van der Waals surface area contributed by atoms with E-state index in [1.165, 1.54) is 0 Å². The van der Waals surface area contributed by atoms with Gasteiger partial charge in [0.1, 0.15) is 0 Å². The molecule has 0 aliphatic carbocycles. The van der Waals surface area contributed by atoms with Gasteiger partial charge in [0.05, 0.1) is 6.61 Å². The fourth-order valence-electron chi connectivity index (χ4n) is 1.33. The fraction of sp³-hybridized carbons (Fsp3) is 0.455. The molecule has 0 bridgehead atoms. The molecule has 0 saturated heterocycles. The molecule has 0 unspecified atom stereocenters. The maximum absolute atomic E-state index is 5.91. The van der Waals surface area contributed by atoms with Crippen LogP contribution in [0.15, 0.2) is 22.7 Å². The van der Waals surface area contributed by atoms with Crippen LogP contribution >= 0.6 is 15.9 Å². The van der Waals surface area contributed by atoms with E-state index >= 15 is 0 Å².